The maximum Gasteiger partial charge on any atom is 0.356 e. The van der Waals surface area contributed by atoms with Crippen LogP contribution in [0.3, 0.4) is 0 Å². The molecule has 0 aliphatic carbocycles. The first-order valence-corrected chi connectivity index (χ1v) is 4.35. The fraction of sp³-hybridized carbons (Fsp3) is 0.200. The number of carbonyl (C=O) groups excluding carboxylic acids is 1. The number of aromatic nitrogens is 2. The third-order valence-electron chi connectivity index (χ3n) is 2.11. The van der Waals surface area contributed by atoms with E-state index in [1.165, 1.54) is 13.3 Å². The highest BCUT2D eigenvalue weighted by Gasteiger charge is 2.12. The summed E-state index contributed by atoms with van der Waals surface area (Å²) in [6.07, 6.45) is 3.16. The Morgan fingerprint density at radius 1 is 1.40 bits per heavy atom. The lowest BCUT2D eigenvalue weighted by molar-refractivity contribution is 0.0593. The van der Waals surface area contributed by atoms with Crippen molar-refractivity contribution in [1.29, 1.82) is 0 Å². The zero-order valence-corrected chi connectivity index (χ0v) is 8.43. The molecule has 0 radical (unpaired) electrons. The lowest BCUT2D eigenvalue weighted by Gasteiger charge is -2.02. The smallest absolute Gasteiger partial charge is 0.356 e. The van der Waals surface area contributed by atoms with E-state index in [0.717, 1.165) is 0 Å². The van der Waals surface area contributed by atoms with Crippen molar-refractivity contribution in [2.24, 2.45) is 0 Å². The molecule has 0 saturated carbocycles. The number of nitrogens with zero attached hydrogens (tertiary/aromatic N) is 2. The van der Waals surface area contributed by atoms with Crippen molar-refractivity contribution in [3.05, 3.63) is 30.2 Å². The fourth-order valence-electron chi connectivity index (χ4n) is 1.34. The summed E-state index contributed by atoms with van der Waals surface area (Å²) in [5.41, 5.74) is 1.06. The van der Waals surface area contributed by atoms with Gasteiger partial charge in [-0.2, -0.15) is 0 Å². The molecule has 2 aromatic heterocycles. The molecule has 0 bridgehead atoms. The van der Waals surface area contributed by atoms with Gasteiger partial charge >= 0.3 is 5.97 Å². The van der Waals surface area contributed by atoms with Gasteiger partial charge in [0.2, 0.25) is 0 Å². The van der Waals surface area contributed by atoms with Gasteiger partial charge in [-0.1, -0.05) is 0 Å². The standard InChI is InChI=1S/C10H10N2O3/c1-14-7-3-4-9-11-5-8(10(13)15-2)12(9)6-7/h3-6H,1-2H3. The van der Waals surface area contributed by atoms with Crippen LogP contribution in [0.4, 0.5) is 0 Å². The Labute approximate surface area is 86.3 Å². The van der Waals surface area contributed by atoms with E-state index in [9.17, 15) is 4.79 Å². The van der Waals surface area contributed by atoms with E-state index in [1.807, 2.05) is 0 Å². The minimum absolute atomic E-state index is 0.381. The van der Waals surface area contributed by atoms with Crippen molar-refractivity contribution in [3.8, 4) is 5.75 Å². The number of hydrogen-bond donors (Lipinski definition) is 0. The van der Waals surface area contributed by atoms with Gasteiger partial charge in [0.15, 0.2) is 5.69 Å². The molecule has 0 fully saturated rings. The van der Waals surface area contributed by atoms with Gasteiger partial charge in [-0.3, -0.25) is 4.40 Å². The zero-order chi connectivity index (χ0) is 10.8. The number of hydrogen-bond acceptors (Lipinski definition) is 4. The maximum atomic E-state index is 11.4. The Morgan fingerprint density at radius 3 is 2.87 bits per heavy atom. The number of rotatable bonds is 2. The van der Waals surface area contributed by atoms with Gasteiger partial charge in [0.1, 0.15) is 11.4 Å². The Hall–Kier alpha value is -2.04. The van der Waals surface area contributed by atoms with Crippen molar-refractivity contribution in [2.75, 3.05) is 14.2 Å². The van der Waals surface area contributed by atoms with Gasteiger partial charge in [0, 0.05) is 0 Å². The van der Waals surface area contributed by atoms with E-state index in [-0.39, 0.29) is 0 Å². The molecule has 0 atom stereocenters. The second-order valence-electron chi connectivity index (χ2n) is 2.93. The number of methoxy groups -OCH3 is 2. The van der Waals surface area contributed by atoms with Crippen LogP contribution in [0.25, 0.3) is 5.65 Å². The first-order valence-electron chi connectivity index (χ1n) is 4.35. The lowest BCUT2D eigenvalue weighted by Crippen LogP contribution is -2.05. The topological polar surface area (TPSA) is 52.8 Å². The first-order chi connectivity index (χ1) is 7.26. The maximum absolute atomic E-state index is 11.4. The van der Waals surface area contributed by atoms with Crippen molar-refractivity contribution in [2.45, 2.75) is 0 Å². The number of ether oxygens (including phenoxy) is 2. The van der Waals surface area contributed by atoms with E-state index >= 15 is 0 Å². The monoisotopic (exact) mass is 206 g/mol. The zero-order valence-electron chi connectivity index (χ0n) is 8.43. The van der Waals surface area contributed by atoms with Crippen LogP contribution in [0.2, 0.25) is 0 Å². The SMILES string of the molecule is COC(=O)c1cnc2ccc(OC)cn12. The van der Waals surface area contributed by atoms with Crippen LogP contribution in [0.1, 0.15) is 10.5 Å². The predicted octanol–water partition coefficient (Wildman–Crippen LogP) is 1.13. The number of carbonyl (C=O) groups is 1. The van der Waals surface area contributed by atoms with Crippen molar-refractivity contribution in [1.82, 2.24) is 9.38 Å². The molecule has 0 N–H and O–H groups in total. The van der Waals surface area contributed by atoms with Gasteiger partial charge in [0.25, 0.3) is 0 Å². The Morgan fingerprint density at radius 2 is 2.20 bits per heavy atom. The molecule has 15 heavy (non-hydrogen) atoms. The van der Waals surface area contributed by atoms with Crippen LogP contribution in [0.15, 0.2) is 24.5 Å². The van der Waals surface area contributed by atoms with Gasteiger partial charge in [-0.15, -0.1) is 0 Å². The summed E-state index contributed by atoms with van der Waals surface area (Å²) in [6, 6.07) is 3.55. The van der Waals surface area contributed by atoms with E-state index in [2.05, 4.69) is 9.72 Å². The van der Waals surface area contributed by atoms with Crippen LogP contribution in [0.5, 0.6) is 5.75 Å². The molecule has 0 aliphatic rings. The molecule has 0 amide bonds. The summed E-state index contributed by atoms with van der Waals surface area (Å²) < 4.78 is 11.3. The molecule has 78 valence electrons. The van der Waals surface area contributed by atoms with Crippen LogP contribution >= 0.6 is 0 Å². The molecule has 0 aliphatic heterocycles. The number of esters is 1. The second kappa shape index (κ2) is 3.61. The van der Waals surface area contributed by atoms with E-state index in [0.29, 0.717) is 17.1 Å². The molecule has 2 heterocycles. The lowest BCUT2D eigenvalue weighted by atomic mass is 10.4. The summed E-state index contributed by atoms with van der Waals surface area (Å²) in [5.74, 6) is 0.237. The van der Waals surface area contributed by atoms with Crippen LogP contribution < -0.4 is 4.74 Å². The van der Waals surface area contributed by atoms with E-state index in [4.69, 9.17) is 4.74 Å². The number of imidazole rings is 1. The van der Waals surface area contributed by atoms with Crippen LogP contribution in [-0.2, 0) is 4.74 Å². The number of fused-ring (bicyclic) bond motifs is 1. The molecule has 0 unspecified atom stereocenters. The predicted molar refractivity (Wildman–Crippen MR) is 53.1 cm³/mol. The van der Waals surface area contributed by atoms with Crippen LogP contribution in [0, 0.1) is 0 Å². The summed E-state index contributed by atoms with van der Waals surface area (Å²) >= 11 is 0. The Balaban J connectivity index is 2.61. The summed E-state index contributed by atoms with van der Waals surface area (Å²) in [7, 11) is 2.90. The molecule has 2 aromatic rings. The quantitative estimate of drug-likeness (QED) is 0.691. The minimum atomic E-state index is -0.421. The number of pyridine rings is 1. The second-order valence-corrected chi connectivity index (χ2v) is 2.93. The molecular weight excluding hydrogens is 196 g/mol. The third-order valence-corrected chi connectivity index (χ3v) is 2.11. The molecule has 5 heteroatoms. The van der Waals surface area contributed by atoms with Crippen molar-refractivity contribution in [3.63, 3.8) is 0 Å². The van der Waals surface area contributed by atoms with E-state index in [1.54, 1.807) is 29.8 Å². The highest BCUT2D eigenvalue weighted by Crippen LogP contribution is 2.14. The van der Waals surface area contributed by atoms with Crippen LogP contribution in [-0.4, -0.2) is 29.6 Å². The molecule has 0 saturated heterocycles. The van der Waals surface area contributed by atoms with Gasteiger partial charge in [0.05, 0.1) is 26.6 Å². The molecule has 0 spiro atoms. The molecule has 5 nitrogen and oxygen atoms in total. The van der Waals surface area contributed by atoms with Gasteiger partial charge < -0.3 is 9.47 Å². The summed E-state index contributed by atoms with van der Waals surface area (Å²) in [4.78, 5) is 15.4. The van der Waals surface area contributed by atoms with Gasteiger partial charge in [-0.05, 0) is 12.1 Å². The molecular formula is C10H10N2O3. The Bertz CT molecular complexity index is 504. The minimum Gasteiger partial charge on any atom is -0.495 e. The average molecular weight is 206 g/mol. The molecule has 0 aromatic carbocycles. The largest absolute Gasteiger partial charge is 0.495 e. The van der Waals surface area contributed by atoms with Gasteiger partial charge in [-0.25, -0.2) is 9.78 Å². The summed E-state index contributed by atoms with van der Waals surface area (Å²) in [6.45, 7) is 0. The summed E-state index contributed by atoms with van der Waals surface area (Å²) in [5, 5.41) is 0. The highest BCUT2D eigenvalue weighted by molar-refractivity contribution is 5.88. The Kier molecular flexibility index (Phi) is 2.29. The highest BCUT2D eigenvalue weighted by atomic mass is 16.5. The van der Waals surface area contributed by atoms with Crippen molar-refractivity contribution < 1.29 is 14.3 Å². The fourth-order valence-corrected chi connectivity index (χ4v) is 1.34. The third kappa shape index (κ3) is 1.52. The first kappa shape index (κ1) is 9.51. The normalized spacial score (nSPS) is 10.3. The average Bonchev–Trinajstić information content (AvgIpc) is 2.70. The molecule has 2 rings (SSSR count). The van der Waals surface area contributed by atoms with E-state index < -0.39 is 5.97 Å². The van der Waals surface area contributed by atoms with Crippen molar-refractivity contribution >= 4 is 11.6 Å².